The highest BCUT2D eigenvalue weighted by Crippen LogP contribution is 2.45. The highest BCUT2D eigenvalue weighted by molar-refractivity contribution is 5.97. The maximum absolute atomic E-state index is 15.5. The van der Waals surface area contributed by atoms with E-state index in [9.17, 15) is 4.79 Å². The summed E-state index contributed by atoms with van der Waals surface area (Å²) < 4.78 is 15.5. The molecule has 36 heavy (non-hydrogen) atoms. The van der Waals surface area contributed by atoms with Gasteiger partial charge >= 0.3 is 0 Å². The quantitative estimate of drug-likeness (QED) is 0.549. The molecular formula is C28H33FN6O. The van der Waals surface area contributed by atoms with E-state index in [0.29, 0.717) is 5.56 Å². The highest BCUT2D eigenvalue weighted by Gasteiger charge is 2.49. The van der Waals surface area contributed by atoms with Crippen LogP contribution in [0.1, 0.15) is 36.6 Å². The lowest BCUT2D eigenvalue weighted by Crippen LogP contribution is -2.59. The number of hydrogen-bond donors (Lipinski definition) is 1. The molecule has 7 nitrogen and oxygen atoms in total. The Morgan fingerprint density at radius 1 is 1.25 bits per heavy atom. The molecule has 1 spiro atoms. The number of halogens is 1. The number of benzene rings is 1. The lowest BCUT2D eigenvalue weighted by molar-refractivity contribution is -0.136. The summed E-state index contributed by atoms with van der Waals surface area (Å²) in [6.07, 6.45) is 6.10. The van der Waals surface area contributed by atoms with Crippen LogP contribution in [0.15, 0.2) is 31.0 Å². The molecule has 0 radical (unpaired) electrons. The van der Waals surface area contributed by atoms with E-state index in [0.717, 1.165) is 104 Å². The fraction of sp³-hybridized carbons (Fsp3) is 0.464. The van der Waals surface area contributed by atoms with Crippen LogP contribution < -0.4 is 4.90 Å². The summed E-state index contributed by atoms with van der Waals surface area (Å²) in [5, 5.41) is 8.02. The van der Waals surface area contributed by atoms with Crippen molar-refractivity contribution in [2.45, 2.75) is 39.7 Å². The van der Waals surface area contributed by atoms with Crippen molar-refractivity contribution in [2.75, 3.05) is 44.2 Å². The van der Waals surface area contributed by atoms with Gasteiger partial charge < -0.3 is 9.80 Å². The van der Waals surface area contributed by atoms with Crippen LogP contribution in [0.2, 0.25) is 0 Å². The number of carbonyl (C=O) groups is 1. The number of aromatic amines is 1. The normalized spacial score (nSPS) is 19.1. The van der Waals surface area contributed by atoms with E-state index in [2.05, 4.69) is 40.4 Å². The first-order valence-corrected chi connectivity index (χ1v) is 13.0. The van der Waals surface area contributed by atoms with E-state index in [-0.39, 0.29) is 17.1 Å². The van der Waals surface area contributed by atoms with Gasteiger partial charge in [-0.25, -0.2) is 9.37 Å². The minimum atomic E-state index is -0.224. The van der Waals surface area contributed by atoms with Crippen molar-refractivity contribution in [3.63, 3.8) is 0 Å². The van der Waals surface area contributed by atoms with Crippen LogP contribution in [-0.4, -0.2) is 70.2 Å². The molecule has 188 valence electrons. The van der Waals surface area contributed by atoms with Crippen LogP contribution in [0.5, 0.6) is 0 Å². The van der Waals surface area contributed by atoms with Crippen molar-refractivity contribution in [1.29, 1.82) is 0 Å². The molecule has 1 amide bonds. The summed E-state index contributed by atoms with van der Waals surface area (Å²) in [6.45, 7) is 14.0. The Bertz CT molecular complexity index is 1360. The van der Waals surface area contributed by atoms with E-state index < -0.39 is 0 Å². The average molecular weight is 489 g/mol. The first-order valence-electron chi connectivity index (χ1n) is 13.0. The Balaban J connectivity index is 1.44. The van der Waals surface area contributed by atoms with Gasteiger partial charge in [0.05, 0.1) is 17.4 Å². The first kappa shape index (κ1) is 23.2. The first-order chi connectivity index (χ1) is 17.4. The number of anilines is 1. The van der Waals surface area contributed by atoms with E-state index in [4.69, 9.17) is 4.98 Å². The number of rotatable bonds is 5. The van der Waals surface area contributed by atoms with Crippen molar-refractivity contribution >= 4 is 22.6 Å². The van der Waals surface area contributed by atoms with Crippen LogP contribution in [0.4, 0.5) is 10.2 Å². The number of amides is 1. The predicted molar refractivity (Wildman–Crippen MR) is 139 cm³/mol. The van der Waals surface area contributed by atoms with Gasteiger partial charge in [-0.15, -0.1) is 0 Å². The molecule has 6 rings (SSSR count). The Hall–Kier alpha value is -3.26. The summed E-state index contributed by atoms with van der Waals surface area (Å²) in [7, 11) is 0. The molecule has 0 atom stereocenters. The minimum absolute atomic E-state index is 0.00384. The second kappa shape index (κ2) is 8.69. The zero-order chi connectivity index (χ0) is 25.0. The SMILES string of the molecule is C=CC(=O)N1CC2(CCN(c3nc4c(c(-c5c(F)ccc6[nH]ncc56)c3C)CCN(CCC)C4)C2)C1. The van der Waals surface area contributed by atoms with Crippen molar-refractivity contribution in [3.05, 3.63) is 53.6 Å². The lowest BCUT2D eigenvalue weighted by Gasteiger charge is -2.47. The van der Waals surface area contributed by atoms with Crippen LogP contribution in [0.25, 0.3) is 22.0 Å². The number of H-pyrrole nitrogens is 1. The van der Waals surface area contributed by atoms with Gasteiger partial charge in [0.25, 0.3) is 0 Å². The van der Waals surface area contributed by atoms with Crippen molar-refractivity contribution in [2.24, 2.45) is 5.41 Å². The van der Waals surface area contributed by atoms with Crippen LogP contribution >= 0.6 is 0 Å². The number of nitrogens with zero attached hydrogens (tertiary/aromatic N) is 5. The Morgan fingerprint density at radius 2 is 2.08 bits per heavy atom. The Labute approximate surface area is 211 Å². The lowest BCUT2D eigenvalue weighted by atomic mass is 9.79. The summed E-state index contributed by atoms with van der Waals surface area (Å²) in [5.41, 5.74) is 5.80. The van der Waals surface area contributed by atoms with Gasteiger partial charge in [-0.2, -0.15) is 5.10 Å². The minimum Gasteiger partial charge on any atom is -0.356 e. The number of nitrogens with one attached hydrogen (secondary N) is 1. The fourth-order valence-corrected chi connectivity index (χ4v) is 6.54. The van der Waals surface area contributed by atoms with Gasteiger partial charge in [-0.1, -0.05) is 13.5 Å². The van der Waals surface area contributed by atoms with E-state index >= 15 is 4.39 Å². The van der Waals surface area contributed by atoms with E-state index in [1.54, 1.807) is 18.3 Å². The highest BCUT2D eigenvalue weighted by atomic mass is 19.1. The maximum Gasteiger partial charge on any atom is 0.245 e. The van der Waals surface area contributed by atoms with Gasteiger partial charge in [0.2, 0.25) is 5.91 Å². The standard InChI is InChI=1S/C28H33FN6O/c1-4-10-33-11-8-19-23(14-33)31-27(34-12-9-28(15-34)16-35(17-28)24(36)5-2)18(3)25(19)26-20-13-30-32-22(20)7-6-21(26)29/h5-7,13H,2,4,8-12,14-17H2,1,3H3,(H,30,32). The second-order valence-corrected chi connectivity index (χ2v) is 10.7. The zero-order valence-electron chi connectivity index (χ0n) is 21.1. The third-order valence-electron chi connectivity index (χ3n) is 8.29. The van der Waals surface area contributed by atoms with E-state index in [1.807, 2.05) is 4.90 Å². The molecule has 8 heteroatoms. The largest absolute Gasteiger partial charge is 0.356 e. The Kier molecular flexibility index (Phi) is 5.59. The third-order valence-corrected chi connectivity index (χ3v) is 8.29. The number of aromatic nitrogens is 3. The third kappa shape index (κ3) is 3.61. The van der Waals surface area contributed by atoms with Gasteiger partial charge in [0.15, 0.2) is 0 Å². The Morgan fingerprint density at radius 3 is 2.86 bits per heavy atom. The van der Waals surface area contributed by atoms with Crippen molar-refractivity contribution in [1.82, 2.24) is 25.0 Å². The summed E-state index contributed by atoms with van der Waals surface area (Å²) in [5.74, 6) is 0.731. The molecular weight excluding hydrogens is 455 g/mol. The number of carbonyl (C=O) groups excluding carboxylic acids is 1. The molecule has 1 N–H and O–H groups in total. The van der Waals surface area contributed by atoms with Crippen molar-refractivity contribution in [3.8, 4) is 11.1 Å². The molecule has 0 aliphatic carbocycles. The fourth-order valence-electron chi connectivity index (χ4n) is 6.54. The number of fused-ring (bicyclic) bond motifs is 2. The smallest absolute Gasteiger partial charge is 0.245 e. The number of pyridine rings is 1. The van der Waals surface area contributed by atoms with Gasteiger partial charge in [-0.05, 0) is 67.6 Å². The predicted octanol–water partition coefficient (Wildman–Crippen LogP) is 4.07. The molecule has 0 unspecified atom stereocenters. The topological polar surface area (TPSA) is 68.4 Å². The maximum atomic E-state index is 15.5. The molecule has 3 aliphatic rings. The average Bonchev–Trinajstić information content (AvgIpc) is 3.51. The summed E-state index contributed by atoms with van der Waals surface area (Å²) >= 11 is 0. The summed E-state index contributed by atoms with van der Waals surface area (Å²) in [4.78, 5) is 24.0. The molecule has 0 bridgehead atoms. The van der Waals surface area contributed by atoms with Gasteiger partial charge in [-0.3, -0.25) is 14.8 Å². The molecule has 3 aromatic rings. The second-order valence-electron chi connectivity index (χ2n) is 10.7. The molecule has 2 saturated heterocycles. The number of hydrogen-bond acceptors (Lipinski definition) is 5. The van der Waals surface area contributed by atoms with Gasteiger partial charge in [0.1, 0.15) is 11.6 Å². The molecule has 5 heterocycles. The molecule has 2 fully saturated rings. The molecule has 1 aromatic carbocycles. The molecule has 3 aliphatic heterocycles. The van der Waals surface area contributed by atoms with Gasteiger partial charge in [0, 0.05) is 55.6 Å². The van der Waals surface area contributed by atoms with E-state index in [1.165, 1.54) is 6.08 Å². The van der Waals surface area contributed by atoms with Crippen LogP contribution in [-0.2, 0) is 17.8 Å². The molecule has 0 saturated carbocycles. The van der Waals surface area contributed by atoms with Crippen LogP contribution in [0, 0.1) is 18.2 Å². The van der Waals surface area contributed by atoms with Crippen LogP contribution in [0.3, 0.4) is 0 Å². The number of likely N-dealkylation sites (tertiary alicyclic amines) is 1. The molecule has 2 aromatic heterocycles. The summed E-state index contributed by atoms with van der Waals surface area (Å²) in [6, 6.07) is 3.30. The van der Waals surface area contributed by atoms with Crippen molar-refractivity contribution < 1.29 is 9.18 Å². The monoisotopic (exact) mass is 488 g/mol. The zero-order valence-corrected chi connectivity index (χ0v) is 21.1.